The number of aliphatic imine (C=N–C) groups is 1. The van der Waals surface area contributed by atoms with E-state index in [2.05, 4.69) is 21.1 Å². The molecule has 9 rings (SSSR count). The number of nitrogens with one attached hydrogen (secondary N) is 1. The summed E-state index contributed by atoms with van der Waals surface area (Å²) >= 11 is 0. The molecule has 5 heterocycles. The predicted octanol–water partition coefficient (Wildman–Crippen LogP) is 6.16. The number of nitrogens with zero attached hydrogens (tertiary/aromatic N) is 4. The van der Waals surface area contributed by atoms with Crippen molar-refractivity contribution in [1.29, 1.82) is 0 Å². The van der Waals surface area contributed by atoms with Gasteiger partial charge in [-0.15, -0.1) is 6.42 Å². The van der Waals surface area contributed by atoms with Gasteiger partial charge in [0.15, 0.2) is 5.82 Å². The summed E-state index contributed by atoms with van der Waals surface area (Å²) in [4.78, 5) is 14.2. The summed E-state index contributed by atoms with van der Waals surface area (Å²) in [5.41, 5.74) is -0.643. The van der Waals surface area contributed by atoms with E-state index >= 15 is 4.39 Å². The van der Waals surface area contributed by atoms with Gasteiger partial charge in [-0.1, -0.05) is 31.2 Å². The minimum atomic E-state index is -1.18. The number of rotatable bonds is 5. The zero-order valence-electron chi connectivity index (χ0n) is 30.9. The van der Waals surface area contributed by atoms with Crippen molar-refractivity contribution in [2.45, 2.75) is 101 Å². The van der Waals surface area contributed by atoms with Crippen LogP contribution in [0.15, 0.2) is 35.5 Å². The first kappa shape index (κ1) is 35.8. The Morgan fingerprint density at radius 2 is 1.93 bits per heavy atom. The summed E-state index contributed by atoms with van der Waals surface area (Å²) in [5, 5.41) is 25.8. The molecule has 10 nitrogen and oxygen atoms in total. The van der Waals surface area contributed by atoms with Gasteiger partial charge in [0.1, 0.15) is 28.7 Å². The molecular weight excluding hydrogens is 692 g/mol. The van der Waals surface area contributed by atoms with Crippen LogP contribution < -0.4 is 5.32 Å². The second kappa shape index (κ2) is 13.7. The summed E-state index contributed by atoms with van der Waals surface area (Å²) in [6, 6.07) is 6.35. The number of terminal acetylenes is 1. The summed E-state index contributed by atoms with van der Waals surface area (Å²) in [7, 11) is 0. The molecule has 1 aromatic heterocycles. The van der Waals surface area contributed by atoms with Gasteiger partial charge in [0, 0.05) is 41.2 Å². The average molecular weight is 742 g/mol. The van der Waals surface area contributed by atoms with Crippen LogP contribution in [0.5, 0.6) is 5.75 Å². The molecule has 2 aliphatic carbocycles. The number of phenols is 1. The number of hydrogen-bond acceptors (Lipinski definition) is 10. The zero-order chi connectivity index (χ0) is 37.2. The van der Waals surface area contributed by atoms with Crippen LogP contribution in [-0.2, 0) is 14.2 Å². The van der Waals surface area contributed by atoms with E-state index in [4.69, 9.17) is 25.6 Å². The lowest BCUT2D eigenvalue weighted by atomic mass is 9.74. The van der Waals surface area contributed by atoms with Crippen LogP contribution in [0, 0.1) is 29.4 Å². The quantitative estimate of drug-likeness (QED) is 0.265. The molecule has 2 saturated carbocycles. The third kappa shape index (κ3) is 6.22. The van der Waals surface area contributed by atoms with Crippen LogP contribution in [-0.4, -0.2) is 107 Å². The molecule has 0 radical (unpaired) electrons. The number of halogens is 2. The second-order valence-electron chi connectivity index (χ2n) is 16.8. The number of phenolic OH excluding ortho intramolecular Hbond substituents is 1. The lowest BCUT2D eigenvalue weighted by Crippen LogP contribution is -2.56. The summed E-state index contributed by atoms with van der Waals surface area (Å²) in [5.74, 6) is 1.36. The summed E-state index contributed by atoms with van der Waals surface area (Å²) in [6.45, 7) is 5.15. The first-order valence-corrected chi connectivity index (χ1v) is 19.6. The monoisotopic (exact) mass is 741 g/mol. The first-order valence-electron chi connectivity index (χ1n) is 19.6. The molecular formula is C42H49F2N5O5. The van der Waals surface area contributed by atoms with Crippen molar-refractivity contribution in [2.75, 3.05) is 51.4 Å². The van der Waals surface area contributed by atoms with Crippen LogP contribution in [0.1, 0.15) is 82.3 Å². The molecule has 2 unspecified atom stereocenters. The highest BCUT2D eigenvalue weighted by Crippen LogP contribution is 2.51. The number of aliphatic hydroxyl groups is 1. The molecule has 2 aromatic carbocycles. The van der Waals surface area contributed by atoms with E-state index in [-0.39, 0.29) is 57.8 Å². The molecule has 5 atom stereocenters. The Balaban J connectivity index is 1.06. The number of anilines is 1. The average Bonchev–Trinajstić information content (AvgIpc) is 3.89. The first-order chi connectivity index (χ1) is 26.1. The van der Waals surface area contributed by atoms with Crippen molar-refractivity contribution in [1.82, 2.24) is 14.8 Å². The van der Waals surface area contributed by atoms with Gasteiger partial charge in [0.05, 0.1) is 55.4 Å². The maximum absolute atomic E-state index is 17.2. The van der Waals surface area contributed by atoms with Gasteiger partial charge >= 0.3 is 0 Å². The molecule has 0 amide bonds. The topological polar surface area (TPSA) is 112 Å². The van der Waals surface area contributed by atoms with Gasteiger partial charge in [-0.3, -0.25) is 9.88 Å². The fourth-order valence-electron chi connectivity index (χ4n) is 10.6. The summed E-state index contributed by atoms with van der Waals surface area (Å²) < 4.78 is 51.2. The van der Waals surface area contributed by atoms with Gasteiger partial charge in [-0.05, 0) is 82.0 Å². The van der Waals surface area contributed by atoms with Crippen LogP contribution in [0.4, 0.5) is 14.5 Å². The number of pyridine rings is 1. The lowest BCUT2D eigenvalue weighted by Gasteiger charge is -2.49. The number of aromatic hydroxyl groups is 1. The Kier molecular flexibility index (Phi) is 9.09. The smallest absolute Gasteiger partial charge is 0.227 e. The molecule has 0 bridgehead atoms. The molecule has 12 heteroatoms. The van der Waals surface area contributed by atoms with Crippen LogP contribution >= 0.6 is 0 Å². The normalized spacial score (nSPS) is 30.8. The van der Waals surface area contributed by atoms with Crippen molar-refractivity contribution < 1.29 is 33.2 Å². The molecule has 6 aliphatic rings. The molecule has 3 aromatic rings. The van der Waals surface area contributed by atoms with Crippen molar-refractivity contribution in [3.8, 4) is 29.4 Å². The third-order valence-electron chi connectivity index (χ3n) is 13.0. The van der Waals surface area contributed by atoms with Crippen molar-refractivity contribution in [3.05, 3.63) is 53.2 Å². The summed E-state index contributed by atoms with van der Waals surface area (Å²) in [6.07, 6.45) is 17.7. The van der Waals surface area contributed by atoms with E-state index in [1.54, 1.807) is 6.92 Å². The van der Waals surface area contributed by atoms with Crippen LogP contribution in [0.25, 0.3) is 22.0 Å². The largest absolute Gasteiger partial charge is 0.508 e. The molecule has 5 fully saturated rings. The highest BCUT2D eigenvalue weighted by molar-refractivity contribution is 6.06. The molecule has 286 valence electrons. The van der Waals surface area contributed by atoms with Crippen molar-refractivity contribution in [2.24, 2.45) is 10.4 Å². The zero-order valence-corrected chi connectivity index (χ0v) is 30.9. The SMILES string of the molecule is C#Cc1c(F)ccc2cc(O)cc(-c3ncc4c(c3F)NC(OC[C@]35CCC[C@H]3N(C3COC6(CCCC6)C3)CCC5)N=C4N3CCOC[C@@](C)(O)C3)c12. The number of aromatic nitrogens is 1. The van der Waals surface area contributed by atoms with E-state index < -0.39 is 23.6 Å². The molecule has 4 aliphatic heterocycles. The van der Waals surface area contributed by atoms with Crippen LogP contribution in [0.3, 0.4) is 0 Å². The Morgan fingerprint density at radius 3 is 2.76 bits per heavy atom. The minimum Gasteiger partial charge on any atom is -0.508 e. The maximum Gasteiger partial charge on any atom is 0.227 e. The Bertz CT molecular complexity index is 2030. The Hall–Kier alpha value is -3.86. The minimum absolute atomic E-state index is 0.0425. The van der Waals surface area contributed by atoms with E-state index in [1.807, 2.05) is 4.90 Å². The maximum atomic E-state index is 17.2. The molecule has 54 heavy (non-hydrogen) atoms. The Morgan fingerprint density at radius 1 is 1.09 bits per heavy atom. The van der Waals surface area contributed by atoms with Crippen molar-refractivity contribution in [3.63, 3.8) is 0 Å². The van der Waals surface area contributed by atoms with E-state index in [0.717, 1.165) is 51.7 Å². The second-order valence-corrected chi connectivity index (χ2v) is 16.8. The highest BCUT2D eigenvalue weighted by Gasteiger charge is 2.53. The predicted molar refractivity (Wildman–Crippen MR) is 201 cm³/mol. The number of piperidine rings is 1. The fourth-order valence-corrected chi connectivity index (χ4v) is 10.6. The molecule has 3 N–H and O–H groups in total. The number of benzene rings is 2. The van der Waals surface area contributed by atoms with Crippen LogP contribution in [0.2, 0.25) is 0 Å². The van der Waals surface area contributed by atoms with Gasteiger partial charge in [-0.25, -0.2) is 13.8 Å². The van der Waals surface area contributed by atoms with Crippen molar-refractivity contribution >= 4 is 22.3 Å². The number of likely N-dealkylation sites (tertiary alicyclic amines) is 1. The van der Waals surface area contributed by atoms with E-state index in [0.29, 0.717) is 48.6 Å². The number of fused-ring (bicyclic) bond motifs is 3. The Labute approximate surface area is 314 Å². The number of β-amino-alcohol motifs (C(OH)–C–C–N with tert-alkyl or cyclic N) is 1. The number of amidine groups is 1. The molecule has 3 saturated heterocycles. The number of ether oxygens (including phenoxy) is 3. The van der Waals surface area contributed by atoms with Gasteiger partial charge in [0.25, 0.3) is 0 Å². The van der Waals surface area contributed by atoms with Gasteiger partial charge in [-0.2, -0.15) is 0 Å². The highest BCUT2D eigenvalue weighted by atomic mass is 19.1. The molecule has 1 spiro atoms. The van der Waals surface area contributed by atoms with E-state index in [9.17, 15) is 14.6 Å². The number of hydrogen-bond donors (Lipinski definition) is 3. The van der Waals surface area contributed by atoms with E-state index in [1.165, 1.54) is 56.1 Å². The lowest BCUT2D eigenvalue weighted by molar-refractivity contribution is -0.0661. The standard InChI is InChI=1S/C42H49F2N5O5/c1-3-29-32(43)10-9-26-18-28(50)19-30(34(26)29)36-35(44)37-31(21-45-36)38(48-16-17-52-24-40(2,51)23-48)47-39(46-37)53-25-41-11-6-8-33(41)49(15-7-12-41)27-20-42(54-22-27)13-4-5-14-42/h1,9-10,18-19,21,27,33,39,46,50-51H,4-8,11-17,20,22-25H2,2H3/t27?,33-,39?,40+,41-/m1/s1. The fraction of sp³-hybridized carbons (Fsp3) is 0.571. The third-order valence-corrected chi connectivity index (χ3v) is 13.0. The van der Waals surface area contributed by atoms with Gasteiger partial charge < -0.3 is 34.6 Å². The van der Waals surface area contributed by atoms with Gasteiger partial charge in [0.2, 0.25) is 6.35 Å².